The standard InChI is InChI=1S/C14H15F3O2/c15-14(16,17)10-3-1-9(2-4-10)13(18)7-11-5-6-12(8-13)19-11/h1-4,11-12,18H,5-8H2. The molecule has 2 atom stereocenters. The molecule has 104 valence electrons. The summed E-state index contributed by atoms with van der Waals surface area (Å²) in [6, 6.07) is 4.83. The first-order valence-corrected chi connectivity index (χ1v) is 6.42. The molecule has 2 heterocycles. The lowest BCUT2D eigenvalue weighted by Gasteiger charge is -2.37. The van der Waals surface area contributed by atoms with Gasteiger partial charge in [-0.25, -0.2) is 0 Å². The fourth-order valence-electron chi connectivity index (χ4n) is 3.12. The maximum Gasteiger partial charge on any atom is 0.416 e. The van der Waals surface area contributed by atoms with Gasteiger partial charge in [0.25, 0.3) is 0 Å². The molecule has 0 saturated carbocycles. The first-order chi connectivity index (χ1) is 8.87. The van der Waals surface area contributed by atoms with E-state index < -0.39 is 17.3 Å². The summed E-state index contributed by atoms with van der Waals surface area (Å²) in [5, 5.41) is 10.7. The van der Waals surface area contributed by atoms with Crippen LogP contribution in [0.25, 0.3) is 0 Å². The molecular weight excluding hydrogens is 257 g/mol. The Kier molecular flexibility index (Phi) is 2.87. The van der Waals surface area contributed by atoms with E-state index in [0.29, 0.717) is 18.4 Å². The lowest BCUT2D eigenvalue weighted by molar-refractivity contribution is -0.137. The maximum absolute atomic E-state index is 12.5. The van der Waals surface area contributed by atoms with Crippen LogP contribution < -0.4 is 0 Å². The molecule has 0 aromatic heterocycles. The van der Waals surface area contributed by atoms with Crippen LogP contribution in [0.15, 0.2) is 24.3 Å². The van der Waals surface area contributed by atoms with E-state index in [9.17, 15) is 18.3 Å². The molecule has 2 aliphatic rings. The summed E-state index contributed by atoms with van der Waals surface area (Å²) < 4.78 is 43.2. The van der Waals surface area contributed by atoms with Gasteiger partial charge in [-0.3, -0.25) is 0 Å². The van der Waals surface area contributed by atoms with Crippen LogP contribution in [0, 0.1) is 0 Å². The predicted octanol–water partition coefficient (Wildman–Crippen LogP) is 3.23. The summed E-state index contributed by atoms with van der Waals surface area (Å²) in [4.78, 5) is 0. The van der Waals surface area contributed by atoms with E-state index in [0.717, 1.165) is 25.0 Å². The van der Waals surface area contributed by atoms with Crippen LogP contribution in [-0.4, -0.2) is 17.3 Å². The number of halogens is 3. The molecule has 2 saturated heterocycles. The van der Waals surface area contributed by atoms with E-state index in [-0.39, 0.29) is 12.2 Å². The molecule has 0 spiro atoms. The lowest BCUT2D eigenvalue weighted by atomic mass is 9.83. The molecule has 2 nitrogen and oxygen atoms in total. The monoisotopic (exact) mass is 272 g/mol. The summed E-state index contributed by atoms with van der Waals surface area (Å²) in [7, 11) is 0. The highest BCUT2D eigenvalue weighted by Gasteiger charge is 2.44. The van der Waals surface area contributed by atoms with E-state index in [1.807, 2.05) is 0 Å². The molecule has 3 rings (SSSR count). The number of aliphatic hydroxyl groups is 1. The van der Waals surface area contributed by atoms with Crippen molar-refractivity contribution in [2.45, 2.75) is 49.7 Å². The van der Waals surface area contributed by atoms with Crippen molar-refractivity contribution in [2.24, 2.45) is 0 Å². The van der Waals surface area contributed by atoms with Crippen molar-refractivity contribution in [2.75, 3.05) is 0 Å². The number of hydrogen-bond donors (Lipinski definition) is 1. The first kappa shape index (κ1) is 12.9. The summed E-state index contributed by atoms with van der Waals surface area (Å²) >= 11 is 0. The van der Waals surface area contributed by atoms with Crippen molar-refractivity contribution in [3.63, 3.8) is 0 Å². The number of alkyl halides is 3. The minimum absolute atomic E-state index is 0.0334. The minimum atomic E-state index is -4.34. The van der Waals surface area contributed by atoms with E-state index in [2.05, 4.69) is 0 Å². The zero-order valence-electron chi connectivity index (χ0n) is 10.3. The van der Waals surface area contributed by atoms with E-state index >= 15 is 0 Å². The third-order valence-electron chi connectivity index (χ3n) is 4.08. The molecule has 5 heteroatoms. The van der Waals surface area contributed by atoms with Gasteiger partial charge in [-0.2, -0.15) is 13.2 Å². The number of ether oxygens (including phenoxy) is 1. The summed E-state index contributed by atoms with van der Waals surface area (Å²) in [6.07, 6.45) is -1.49. The van der Waals surface area contributed by atoms with Gasteiger partial charge < -0.3 is 9.84 Å². The Bertz CT molecular complexity index is 455. The molecule has 1 N–H and O–H groups in total. The highest BCUT2D eigenvalue weighted by molar-refractivity contribution is 5.29. The normalized spacial score (nSPS) is 34.5. The van der Waals surface area contributed by atoms with Crippen LogP contribution in [-0.2, 0) is 16.5 Å². The van der Waals surface area contributed by atoms with Crippen LogP contribution in [0.2, 0.25) is 0 Å². The van der Waals surface area contributed by atoms with E-state index in [1.165, 1.54) is 12.1 Å². The van der Waals surface area contributed by atoms with Gasteiger partial charge in [-0.15, -0.1) is 0 Å². The fourth-order valence-corrected chi connectivity index (χ4v) is 3.12. The van der Waals surface area contributed by atoms with Gasteiger partial charge in [-0.1, -0.05) is 12.1 Å². The van der Waals surface area contributed by atoms with Crippen LogP contribution in [0.1, 0.15) is 36.8 Å². The second-order valence-electron chi connectivity index (χ2n) is 5.47. The Balaban J connectivity index is 1.86. The number of fused-ring (bicyclic) bond motifs is 2. The molecule has 0 radical (unpaired) electrons. The Morgan fingerprint density at radius 1 is 1.05 bits per heavy atom. The minimum Gasteiger partial charge on any atom is -0.385 e. The van der Waals surface area contributed by atoms with Crippen LogP contribution in [0.5, 0.6) is 0 Å². The molecular formula is C14H15F3O2. The van der Waals surface area contributed by atoms with Crippen molar-refractivity contribution >= 4 is 0 Å². The second-order valence-corrected chi connectivity index (χ2v) is 5.47. The smallest absolute Gasteiger partial charge is 0.385 e. The molecule has 2 bridgehead atoms. The Labute approximate surface area is 109 Å². The molecule has 1 aromatic carbocycles. The molecule has 2 unspecified atom stereocenters. The lowest BCUT2D eigenvalue weighted by Crippen LogP contribution is -2.38. The average molecular weight is 272 g/mol. The third kappa shape index (κ3) is 2.37. The molecule has 2 aliphatic heterocycles. The highest BCUT2D eigenvalue weighted by Crippen LogP contribution is 2.44. The van der Waals surface area contributed by atoms with Crippen molar-refractivity contribution in [3.8, 4) is 0 Å². The molecule has 19 heavy (non-hydrogen) atoms. The Morgan fingerprint density at radius 2 is 1.58 bits per heavy atom. The first-order valence-electron chi connectivity index (χ1n) is 6.42. The van der Waals surface area contributed by atoms with Crippen molar-refractivity contribution in [1.29, 1.82) is 0 Å². The number of hydrogen-bond acceptors (Lipinski definition) is 2. The maximum atomic E-state index is 12.5. The Hall–Kier alpha value is -1.07. The predicted molar refractivity (Wildman–Crippen MR) is 62.5 cm³/mol. The van der Waals surface area contributed by atoms with Gasteiger partial charge in [0.2, 0.25) is 0 Å². The number of benzene rings is 1. The highest BCUT2D eigenvalue weighted by atomic mass is 19.4. The van der Waals surface area contributed by atoms with E-state index in [4.69, 9.17) is 4.74 Å². The zero-order valence-corrected chi connectivity index (χ0v) is 10.3. The third-order valence-corrected chi connectivity index (χ3v) is 4.08. The van der Waals surface area contributed by atoms with Gasteiger partial charge in [0.05, 0.1) is 23.4 Å². The fraction of sp³-hybridized carbons (Fsp3) is 0.571. The number of rotatable bonds is 1. The quantitative estimate of drug-likeness (QED) is 0.850. The van der Waals surface area contributed by atoms with Crippen LogP contribution in [0.4, 0.5) is 13.2 Å². The topological polar surface area (TPSA) is 29.5 Å². The molecule has 2 fully saturated rings. The molecule has 0 aliphatic carbocycles. The summed E-state index contributed by atoms with van der Waals surface area (Å²) in [5.74, 6) is 0. The summed E-state index contributed by atoms with van der Waals surface area (Å²) in [5.41, 5.74) is -1.18. The average Bonchev–Trinajstić information content (AvgIpc) is 2.68. The zero-order chi connectivity index (χ0) is 13.7. The molecule has 1 aromatic rings. The van der Waals surface area contributed by atoms with Gasteiger partial charge >= 0.3 is 6.18 Å². The van der Waals surface area contributed by atoms with Gasteiger partial charge in [-0.05, 0) is 30.5 Å². The van der Waals surface area contributed by atoms with Crippen molar-refractivity contribution in [1.82, 2.24) is 0 Å². The second kappa shape index (κ2) is 4.21. The van der Waals surface area contributed by atoms with E-state index in [1.54, 1.807) is 0 Å². The van der Waals surface area contributed by atoms with Gasteiger partial charge in [0.15, 0.2) is 0 Å². The SMILES string of the molecule is OC1(c2ccc(C(F)(F)F)cc2)CC2CCC(C1)O2. The van der Waals surface area contributed by atoms with Gasteiger partial charge in [0, 0.05) is 12.8 Å². The van der Waals surface area contributed by atoms with Crippen LogP contribution >= 0.6 is 0 Å². The van der Waals surface area contributed by atoms with Crippen LogP contribution in [0.3, 0.4) is 0 Å². The van der Waals surface area contributed by atoms with Gasteiger partial charge in [0.1, 0.15) is 0 Å². The van der Waals surface area contributed by atoms with Crippen molar-refractivity contribution < 1.29 is 23.0 Å². The van der Waals surface area contributed by atoms with Crippen molar-refractivity contribution in [3.05, 3.63) is 35.4 Å². The largest absolute Gasteiger partial charge is 0.416 e. The molecule has 0 amide bonds. The Morgan fingerprint density at radius 3 is 2.05 bits per heavy atom. The summed E-state index contributed by atoms with van der Waals surface area (Å²) in [6.45, 7) is 0.